The van der Waals surface area contributed by atoms with Gasteiger partial charge in [-0.05, 0) is 31.7 Å². The summed E-state index contributed by atoms with van der Waals surface area (Å²) in [5, 5.41) is 6.70. The maximum absolute atomic E-state index is 4.58. The maximum atomic E-state index is 4.58. The molecule has 18 heavy (non-hydrogen) atoms. The third-order valence-corrected chi connectivity index (χ3v) is 2.78. The Labute approximate surface area is 126 Å². The molecular weight excluding hydrogens is 337 g/mol. The van der Waals surface area contributed by atoms with E-state index in [1.165, 1.54) is 18.4 Å². The highest BCUT2D eigenvalue weighted by molar-refractivity contribution is 14.0. The summed E-state index contributed by atoms with van der Waals surface area (Å²) in [5.74, 6) is 0.964. The number of halogens is 1. The van der Waals surface area contributed by atoms with Crippen molar-refractivity contribution in [3.05, 3.63) is 35.9 Å². The minimum Gasteiger partial charge on any atom is -0.357 e. The van der Waals surface area contributed by atoms with E-state index in [2.05, 4.69) is 46.8 Å². The number of guanidine groups is 1. The molecule has 100 valence electrons. The summed E-state index contributed by atoms with van der Waals surface area (Å²) in [7, 11) is 0. The van der Waals surface area contributed by atoms with Crippen LogP contribution in [0, 0.1) is 0 Å². The SMILES string of the molecule is CCNC(=NCCc1ccccc1)NC1CC1.I. The smallest absolute Gasteiger partial charge is 0.191 e. The van der Waals surface area contributed by atoms with Crippen LogP contribution in [0.1, 0.15) is 25.3 Å². The van der Waals surface area contributed by atoms with Crippen molar-refractivity contribution in [1.29, 1.82) is 0 Å². The van der Waals surface area contributed by atoms with Gasteiger partial charge in [-0.1, -0.05) is 30.3 Å². The summed E-state index contributed by atoms with van der Waals surface area (Å²) < 4.78 is 0. The molecule has 1 aromatic rings. The molecule has 0 radical (unpaired) electrons. The molecule has 3 nitrogen and oxygen atoms in total. The molecule has 1 fully saturated rings. The van der Waals surface area contributed by atoms with Gasteiger partial charge in [0.05, 0.1) is 0 Å². The van der Waals surface area contributed by atoms with E-state index in [1.54, 1.807) is 0 Å². The lowest BCUT2D eigenvalue weighted by atomic mass is 10.2. The Morgan fingerprint density at radius 2 is 2.00 bits per heavy atom. The maximum Gasteiger partial charge on any atom is 0.191 e. The highest BCUT2D eigenvalue weighted by atomic mass is 127. The number of hydrogen-bond acceptors (Lipinski definition) is 1. The van der Waals surface area contributed by atoms with Gasteiger partial charge in [-0.3, -0.25) is 4.99 Å². The topological polar surface area (TPSA) is 36.4 Å². The largest absolute Gasteiger partial charge is 0.357 e. The van der Waals surface area contributed by atoms with Crippen molar-refractivity contribution < 1.29 is 0 Å². The molecule has 1 saturated carbocycles. The van der Waals surface area contributed by atoms with Crippen LogP contribution in [-0.4, -0.2) is 25.1 Å². The van der Waals surface area contributed by atoms with Crippen LogP contribution < -0.4 is 10.6 Å². The third kappa shape index (κ3) is 5.71. The fraction of sp³-hybridized carbons (Fsp3) is 0.500. The van der Waals surface area contributed by atoms with Gasteiger partial charge in [-0.25, -0.2) is 0 Å². The van der Waals surface area contributed by atoms with Crippen molar-refractivity contribution in [3.8, 4) is 0 Å². The van der Waals surface area contributed by atoms with E-state index in [-0.39, 0.29) is 24.0 Å². The average molecular weight is 359 g/mol. The molecule has 0 heterocycles. The van der Waals surface area contributed by atoms with Gasteiger partial charge in [0.25, 0.3) is 0 Å². The molecule has 0 aromatic heterocycles. The number of nitrogens with zero attached hydrogens (tertiary/aromatic N) is 1. The highest BCUT2D eigenvalue weighted by Gasteiger charge is 2.21. The van der Waals surface area contributed by atoms with E-state index in [0.29, 0.717) is 6.04 Å². The van der Waals surface area contributed by atoms with Gasteiger partial charge in [-0.15, -0.1) is 24.0 Å². The molecule has 0 atom stereocenters. The first-order valence-electron chi connectivity index (χ1n) is 6.47. The van der Waals surface area contributed by atoms with E-state index in [4.69, 9.17) is 0 Å². The van der Waals surface area contributed by atoms with Gasteiger partial charge in [-0.2, -0.15) is 0 Å². The lowest BCUT2D eigenvalue weighted by Gasteiger charge is -2.09. The van der Waals surface area contributed by atoms with Crippen LogP contribution in [-0.2, 0) is 6.42 Å². The Balaban J connectivity index is 0.00000162. The summed E-state index contributed by atoms with van der Waals surface area (Å²) in [6.45, 7) is 3.86. The molecule has 1 aromatic carbocycles. The molecule has 0 amide bonds. The van der Waals surface area contributed by atoms with Gasteiger partial charge < -0.3 is 10.6 Å². The van der Waals surface area contributed by atoms with E-state index in [9.17, 15) is 0 Å². The molecule has 2 rings (SSSR count). The van der Waals surface area contributed by atoms with Crippen LogP contribution in [0.25, 0.3) is 0 Å². The van der Waals surface area contributed by atoms with E-state index < -0.39 is 0 Å². The van der Waals surface area contributed by atoms with Crippen LogP contribution >= 0.6 is 24.0 Å². The summed E-state index contributed by atoms with van der Waals surface area (Å²) in [6.07, 6.45) is 3.56. The Morgan fingerprint density at radius 1 is 1.28 bits per heavy atom. The van der Waals surface area contributed by atoms with Crippen molar-refractivity contribution in [2.75, 3.05) is 13.1 Å². The first-order valence-corrected chi connectivity index (χ1v) is 6.47. The van der Waals surface area contributed by atoms with Crippen molar-refractivity contribution in [2.45, 2.75) is 32.2 Å². The zero-order valence-corrected chi connectivity index (χ0v) is 13.2. The first-order chi connectivity index (χ1) is 8.38. The molecule has 0 saturated heterocycles. The Morgan fingerprint density at radius 3 is 2.61 bits per heavy atom. The van der Waals surface area contributed by atoms with Gasteiger partial charge in [0.2, 0.25) is 0 Å². The normalized spacial score (nSPS) is 14.8. The van der Waals surface area contributed by atoms with Crippen molar-refractivity contribution in [1.82, 2.24) is 10.6 Å². The average Bonchev–Trinajstić information content (AvgIpc) is 3.15. The van der Waals surface area contributed by atoms with Crippen molar-refractivity contribution in [3.63, 3.8) is 0 Å². The molecule has 0 bridgehead atoms. The molecule has 1 aliphatic rings. The molecule has 0 aliphatic heterocycles. The predicted octanol–water partition coefficient (Wildman–Crippen LogP) is 2.56. The second-order valence-electron chi connectivity index (χ2n) is 4.41. The lowest BCUT2D eigenvalue weighted by molar-refractivity contribution is 0.808. The summed E-state index contributed by atoms with van der Waals surface area (Å²) in [5.41, 5.74) is 1.35. The Hall–Kier alpha value is -0.780. The molecular formula is C14H22IN3. The summed E-state index contributed by atoms with van der Waals surface area (Å²) in [4.78, 5) is 4.58. The number of nitrogens with one attached hydrogen (secondary N) is 2. The third-order valence-electron chi connectivity index (χ3n) is 2.78. The molecule has 2 N–H and O–H groups in total. The van der Waals surface area contributed by atoms with E-state index >= 15 is 0 Å². The monoisotopic (exact) mass is 359 g/mol. The van der Waals surface area contributed by atoms with Crippen LogP contribution in [0.2, 0.25) is 0 Å². The van der Waals surface area contributed by atoms with Crippen molar-refractivity contribution in [2.24, 2.45) is 4.99 Å². The zero-order chi connectivity index (χ0) is 11.9. The van der Waals surface area contributed by atoms with Gasteiger partial charge in [0, 0.05) is 19.1 Å². The molecule has 1 aliphatic carbocycles. The quantitative estimate of drug-likeness (QED) is 0.482. The first kappa shape index (κ1) is 15.3. The zero-order valence-electron chi connectivity index (χ0n) is 10.9. The second-order valence-corrected chi connectivity index (χ2v) is 4.41. The summed E-state index contributed by atoms with van der Waals surface area (Å²) >= 11 is 0. The van der Waals surface area contributed by atoms with Gasteiger partial charge >= 0.3 is 0 Å². The van der Waals surface area contributed by atoms with Gasteiger partial charge in [0.1, 0.15) is 0 Å². The highest BCUT2D eigenvalue weighted by Crippen LogP contribution is 2.18. The Bertz CT molecular complexity index is 361. The van der Waals surface area contributed by atoms with Crippen LogP contribution in [0.4, 0.5) is 0 Å². The lowest BCUT2D eigenvalue weighted by Crippen LogP contribution is -2.38. The number of aliphatic imine (C=N–C) groups is 1. The second kappa shape index (κ2) is 8.34. The predicted molar refractivity (Wildman–Crippen MR) is 87.7 cm³/mol. The number of rotatable bonds is 5. The fourth-order valence-corrected chi connectivity index (χ4v) is 1.68. The molecule has 0 unspecified atom stereocenters. The standard InChI is InChI=1S/C14H21N3.HI/c1-2-15-14(17-13-8-9-13)16-11-10-12-6-4-3-5-7-12;/h3-7,13H,2,8-11H2,1H3,(H2,15,16,17);1H. The number of benzene rings is 1. The van der Waals surface area contributed by atoms with Gasteiger partial charge in [0.15, 0.2) is 5.96 Å². The number of hydrogen-bond donors (Lipinski definition) is 2. The molecule has 4 heteroatoms. The van der Waals surface area contributed by atoms with Crippen LogP contribution in [0.15, 0.2) is 35.3 Å². The van der Waals surface area contributed by atoms with E-state index in [0.717, 1.165) is 25.5 Å². The summed E-state index contributed by atoms with van der Waals surface area (Å²) in [6, 6.07) is 11.2. The minimum absolute atomic E-state index is 0. The fourth-order valence-electron chi connectivity index (χ4n) is 1.68. The molecule has 0 spiro atoms. The van der Waals surface area contributed by atoms with Crippen LogP contribution in [0.3, 0.4) is 0 Å². The van der Waals surface area contributed by atoms with E-state index in [1.807, 2.05) is 6.07 Å². The van der Waals surface area contributed by atoms with Crippen molar-refractivity contribution >= 4 is 29.9 Å². The Kier molecular flexibility index (Phi) is 7.08. The minimum atomic E-state index is 0. The van der Waals surface area contributed by atoms with Crippen LogP contribution in [0.5, 0.6) is 0 Å².